The first-order chi connectivity index (χ1) is 12.8. The minimum atomic E-state index is 0.440. The highest BCUT2D eigenvalue weighted by Gasteiger charge is 2.41. The molecule has 1 saturated heterocycles. The van der Waals surface area contributed by atoms with E-state index >= 15 is 0 Å². The molecule has 2 saturated carbocycles. The Hall–Kier alpha value is 0.210. The van der Waals surface area contributed by atoms with E-state index in [-0.39, 0.29) is 0 Å². The van der Waals surface area contributed by atoms with Crippen molar-refractivity contribution < 1.29 is 0 Å². The molecular weight excluding hydrogens is 352 g/mol. The Bertz CT molecular complexity index is 436. The first kappa shape index (κ1) is 21.9. The minimum absolute atomic E-state index is 0.440. The van der Waals surface area contributed by atoms with Gasteiger partial charge in [0.05, 0.1) is 0 Å². The van der Waals surface area contributed by atoms with Crippen molar-refractivity contribution in [3.63, 3.8) is 0 Å². The largest absolute Gasteiger partial charge is 0.312 e. The van der Waals surface area contributed by atoms with Crippen LogP contribution in [0.15, 0.2) is 0 Å². The van der Waals surface area contributed by atoms with Gasteiger partial charge in [-0.1, -0.05) is 40.5 Å². The molecule has 3 heteroatoms. The topological polar surface area (TPSA) is 15.3 Å². The molecule has 0 amide bonds. The number of likely N-dealkylation sites (tertiary alicyclic amines) is 1. The van der Waals surface area contributed by atoms with Gasteiger partial charge in [0.1, 0.15) is 0 Å². The van der Waals surface area contributed by atoms with E-state index in [9.17, 15) is 0 Å². The van der Waals surface area contributed by atoms with Gasteiger partial charge >= 0.3 is 0 Å². The summed E-state index contributed by atoms with van der Waals surface area (Å²) in [5.41, 5.74) is 0.440. The highest BCUT2D eigenvalue weighted by molar-refractivity contribution is 6.20. The molecule has 3 rings (SSSR count). The van der Waals surface area contributed by atoms with Crippen molar-refractivity contribution in [3.05, 3.63) is 0 Å². The summed E-state index contributed by atoms with van der Waals surface area (Å²) >= 11 is 6.36. The smallest absolute Gasteiger partial charge is 0.0336 e. The quantitative estimate of drug-likeness (QED) is 0.536. The van der Waals surface area contributed by atoms with Crippen LogP contribution in [0.5, 0.6) is 0 Å². The van der Waals surface area contributed by atoms with E-state index in [1.165, 1.54) is 84.0 Å². The third kappa shape index (κ3) is 6.09. The lowest BCUT2D eigenvalue weighted by Gasteiger charge is -2.49. The predicted molar refractivity (Wildman–Crippen MR) is 119 cm³/mol. The van der Waals surface area contributed by atoms with Crippen molar-refractivity contribution in [2.24, 2.45) is 29.1 Å². The molecule has 27 heavy (non-hydrogen) atoms. The molecule has 2 atom stereocenters. The molecule has 2 nitrogen and oxygen atoms in total. The predicted octanol–water partition coefficient (Wildman–Crippen LogP) is 5.94. The highest BCUT2D eigenvalue weighted by atomic mass is 35.5. The van der Waals surface area contributed by atoms with Crippen molar-refractivity contribution in [1.29, 1.82) is 0 Å². The fraction of sp³-hybridized carbons (Fsp3) is 1.00. The minimum Gasteiger partial charge on any atom is -0.312 e. The third-order valence-corrected chi connectivity index (χ3v) is 8.50. The normalized spacial score (nSPS) is 34.2. The molecule has 0 spiro atoms. The van der Waals surface area contributed by atoms with E-state index in [2.05, 4.69) is 37.9 Å². The molecule has 0 aromatic carbocycles. The molecule has 0 aromatic heterocycles. The summed E-state index contributed by atoms with van der Waals surface area (Å²) in [5, 5.41) is 4.41. The summed E-state index contributed by atoms with van der Waals surface area (Å²) in [5.74, 6) is 3.46. The summed E-state index contributed by atoms with van der Waals surface area (Å²) in [6, 6.07) is 0.643. The summed E-state index contributed by atoms with van der Waals surface area (Å²) in [4.78, 5) is 2.77. The van der Waals surface area contributed by atoms with Crippen LogP contribution in [0.2, 0.25) is 0 Å². The fourth-order valence-electron chi connectivity index (χ4n) is 6.32. The highest BCUT2D eigenvalue weighted by Crippen LogP contribution is 2.45. The van der Waals surface area contributed by atoms with Crippen LogP contribution < -0.4 is 5.32 Å². The van der Waals surface area contributed by atoms with Gasteiger partial charge in [-0.15, -0.1) is 11.6 Å². The van der Waals surface area contributed by atoms with Crippen LogP contribution in [0.25, 0.3) is 0 Å². The number of rotatable bonds is 7. The van der Waals surface area contributed by atoms with Gasteiger partial charge < -0.3 is 10.2 Å². The Kier molecular flexibility index (Phi) is 7.96. The fourth-order valence-corrected chi connectivity index (χ4v) is 6.57. The zero-order valence-corrected chi connectivity index (χ0v) is 19.2. The molecule has 0 bridgehead atoms. The van der Waals surface area contributed by atoms with E-state index in [0.29, 0.717) is 22.8 Å². The second kappa shape index (κ2) is 9.81. The van der Waals surface area contributed by atoms with E-state index < -0.39 is 0 Å². The number of nitrogens with one attached hydrogen (secondary N) is 1. The van der Waals surface area contributed by atoms with Crippen LogP contribution >= 0.6 is 11.6 Å². The Morgan fingerprint density at radius 3 is 2.26 bits per heavy atom. The van der Waals surface area contributed by atoms with E-state index in [1.54, 1.807) is 0 Å². The third-order valence-electron chi connectivity index (χ3n) is 8.06. The molecule has 1 unspecified atom stereocenters. The second-order valence-electron chi connectivity index (χ2n) is 11.0. The zero-order chi connectivity index (χ0) is 19.4. The Morgan fingerprint density at radius 1 is 1.00 bits per heavy atom. The van der Waals surface area contributed by atoms with Crippen molar-refractivity contribution in [3.8, 4) is 0 Å². The molecule has 3 fully saturated rings. The van der Waals surface area contributed by atoms with Crippen molar-refractivity contribution >= 4 is 11.6 Å². The number of hydrogen-bond acceptors (Lipinski definition) is 2. The van der Waals surface area contributed by atoms with E-state index in [0.717, 1.165) is 17.8 Å². The van der Waals surface area contributed by atoms with Crippen molar-refractivity contribution in [1.82, 2.24) is 10.2 Å². The number of alkyl halides is 1. The molecule has 0 radical (unpaired) electrons. The maximum atomic E-state index is 6.36. The van der Waals surface area contributed by atoms with Gasteiger partial charge in [0, 0.05) is 24.5 Å². The second-order valence-corrected chi connectivity index (χ2v) is 11.7. The van der Waals surface area contributed by atoms with Crippen LogP contribution in [0, 0.1) is 29.1 Å². The van der Waals surface area contributed by atoms with E-state index in [1.807, 2.05) is 0 Å². The lowest BCUT2D eigenvalue weighted by Crippen LogP contribution is -2.53. The molecule has 158 valence electrons. The van der Waals surface area contributed by atoms with Crippen LogP contribution in [0.4, 0.5) is 0 Å². The van der Waals surface area contributed by atoms with Gasteiger partial charge in [-0.3, -0.25) is 0 Å². The molecule has 1 heterocycles. The van der Waals surface area contributed by atoms with E-state index in [4.69, 9.17) is 11.6 Å². The standard InChI is InChI=1S/C24H45ClN2/c1-18(2)23(26-15-19-7-5-6-8-19)16-27-14-13-22(24(3,4)17-27)20-9-11-21(25)12-10-20/h18-23,26H,5-17H2,1-4H3/t20?,21?,22?,23-/m0/s1. The molecule has 0 aromatic rings. The lowest BCUT2D eigenvalue weighted by molar-refractivity contribution is 0.00468. The SMILES string of the molecule is CC(C)[C@H](CN1CCC(C2CCC(Cl)CC2)C(C)(C)C1)NCC1CCCC1. The summed E-state index contributed by atoms with van der Waals surface area (Å²) < 4.78 is 0. The lowest BCUT2D eigenvalue weighted by atomic mass is 9.64. The molecule has 1 aliphatic heterocycles. The Balaban J connectivity index is 1.50. The van der Waals surface area contributed by atoms with Crippen LogP contribution in [0.3, 0.4) is 0 Å². The van der Waals surface area contributed by atoms with Gasteiger partial charge in [0.2, 0.25) is 0 Å². The van der Waals surface area contributed by atoms with Crippen LogP contribution in [-0.2, 0) is 0 Å². The molecule has 2 aliphatic carbocycles. The first-order valence-electron chi connectivity index (χ1n) is 11.9. The van der Waals surface area contributed by atoms with Gasteiger partial charge in [0.15, 0.2) is 0 Å². The Morgan fingerprint density at radius 2 is 1.67 bits per heavy atom. The number of piperidine rings is 1. The maximum Gasteiger partial charge on any atom is 0.0336 e. The Labute approximate surface area is 174 Å². The molecular formula is C24H45ClN2. The average Bonchev–Trinajstić information content (AvgIpc) is 3.12. The molecule has 3 aliphatic rings. The summed E-state index contributed by atoms with van der Waals surface area (Å²) in [6.07, 6.45) is 12.4. The van der Waals surface area contributed by atoms with Gasteiger partial charge in [0.25, 0.3) is 0 Å². The van der Waals surface area contributed by atoms with Crippen molar-refractivity contribution in [2.75, 3.05) is 26.2 Å². The van der Waals surface area contributed by atoms with Crippen LogP contribution in [0.1, 0.15) is 85.5 Å². The van der Waals surface area contributed by atoms with Gasteiger partial charge in [-0.25, -0.2) is 0 Å². The number of nitrogens with zero attached hydrogens (tertiary/aromatic N) is 1. The van der Waals surface area contributed by atoms with Crippen LogP contribution in [-0.4, -0.2) is 42.5 Å². The molecule has 1 N–H and O–H groups in total. The van der Waals surface area contributed by atoms with Gasteiger partial charge in [-0.05, 0) is 87.1 Å². The average molecular weight is 397 g/mol. The monoisotopic (exact) mass is 396 g/mol. The number of halogens is 1. The van der Waals surface area contributed by atoms with Crippen molar-refractivity contribution in [2.45, 2.75) is 96.9 Å². The number of hydrogen-bond donors (Lipinski definition) is 1. The summed E-state index contributed by atoms with van der Waals surface area (Å²) in [7, 11) is 0. The summed E-state index contributed by atoms with van der Waals surface area (Å²) in [6.45, 7) is 14.9. The van der Waals surface area contributed by atoms with Gasteiger partial charge in [-0.2, -0.15) is 0 Å². The zero-order valence-electron chi connectivity index (χ0n) is 18.5. The first-order valence-corrected chi connectivity index (χ1v) is 12.4. The maximum absolute atomic E-state index is 6.36.